The quantitative estimate of drug-likeness (QED) is 0.760. The van der Waals surface area contributed by atoms with E-state index in [2.05, 4.69) is 23.3 Å². The molecule has 3 N–H and O–H groups in total. The number of hydrogen-bond donors (Lipinski definition) is 2. The van der Waals surface area contributed by atoms with Crippen LogP contribution in [0.3, 0.4) is 0 Å². The van der Waals surface area contributed by atoms with E-state index in [-0.39, 0.29) is 0 Å². The highest BCUT2D eigenvalue weighted by Crippen LogP contribution is 2.28. The van der Waals surface area contributed by atoms with Crippen LogP contribution in [0, 0.1) is 0 Å². The zero-order valence-corrected chi connectivity index (χ0v) is 13.3. The summed E-state index contributed by atoms with van der Waals surface area (Å²) in [6, 6.07) is 9.75. The average Bonchev–Trinajstić information content (AvgIpc) is 2.94. The van der Waals surface area contributed by atoms with Crippen molar-refractivity contribution in [2.45, 2.75) is 13.3 Å². The molecule has 0 aliphatic carbocycles. The average molecular weight is 308 g/mol. The normalized spacial score (nSPS) is 10.9. The predicted octanol–water partition coefficient (Wildman–Crippen LogP) is 3.16. The summed E-state index contributed by atoms with van der Waals surface area (Å²) < 4.78 is 1.98. The molecule has 1 amide bonds. The van der Waals surface area contributed by atoms with Crippen molar-refractivity contribution in [3.63, 3.8) is 0 Å². The first-order valence-corrected chi connectivity index (χ1v) is 7.69. The zero-order chi connectivity index (χ0) is 16.4. The summed E-state index contributed by atoms with van der Waals surface area (Å²) in [6.07, 6.45) is 4.79. The van der Waals surface area contributed by atoms with E-state index in [9.17, 15) is 4.79 Å². The van der Waals surface area contributed by atoms with Gasteiger partial charge in [0, 0.05) is 48.0 Å². The van der Waals surface area contributed by atoms with Gasteiger partial charge in [0.2, 0.25) is 5.91 Å². The topological polar surface area (TPSA) is 72.9 Å². The molecule has 0 spiro atoms. The van der Waals surface area contributed by atoms with E-state index >= 15 is 0 Å². The lowest BCUT2D eigenvalue weighted by Crippen LogP contribution is -2.11. The molecule has 0 radical (unpaired) electrons. The van der Waals surface area contributed by atoms with Gasteiger partial charge in [0.05, 0.1) is 0 Å². The SMILES string of the molecule is CCCNc1ccc(-c2cc(C(N)=O)c3ccn(C)c3c2)cn1. The Morgan fingerprint density at radius 1 is 1.26 bits per heavy atom. The highest BCUT2D eigenvalue weighted by atomic mass is 16.1. The van der Waals surface area contributed by atoms with Crippen LogP contribution in [0.15, 0.2) is 42.7 Å². The second kappa shape index (κ2) is 6.12. The standard InChI is InChI=1S/C18H20N4O/c1-3-7-20-17-5-4-12(11-21-17)13-9-15(18(19)23)14-6-8-22(2)16(14)10-13/h4-6,8-11H,3,7H2,1-2H3,(H2,19,23)(H,20,21). The predicted molar refractivity (Wildman–Crippen MR) is 93.4 cm³/mol. The van der Waals surface area contributed by atoms with E-state index in [1.807, 2.05) is 48.3 Å². The molecule has 5 heteroatoms. The Bertz CT molecular complexity index is 849. The minimum Gasteiger partial charge on any atom is -0.370 e. The summed E-state index contributed by atoms with van der Waals surface area (Å²) >= 11 is 0. The summed E-state index contributed by atoms with van der Waals surface area (Å²) in [4.78, 5) is 16.2. The minimum absolute atomic E-state index is 0.419. The van der Waals surface area contributed by atoms with Crippen molar-refractivity contribution in [1.29, 1.82) is 0 Å². The Morgan fingerprint density at radius 3 is 2.74 bits per heavy atom. The number of hydrogen-bond acceptors (Lipinski definition) is 3. The number of fused-ring (bicyclic) bond motifs is 1. The number of aromatic nitrogens is 2. The first-order valence-electron chi connectivity index (χ1n) is 7.69. The van der Waals surface area contributed by atoms with Crippen LogP contribution in [0.5, 0.6) is 0 Å². The smallest absolute Gasteiger partial charge is 0.249 e. The summed E-state index contributed by atoms with van der Waals surface area (Å²) in [5, 5.41) is 4.12. The number of nitrogens with one attached hydrogen (secondary N) is 1. The number of pyridine rings is 1. The van der Waals surface area contributed by atoms with Crippen molar-refractivity contribution < 1.29 is 4.79 Å². The summed E-state index contributed by atoms with van der Waals surface area (Å²) in [5.41, 5.74) is 8.94. The maximum Gasteiger partial charge on any atom is 0.249 e. The molecule has 2 aromatic heterocycles. The highest BCUT2D eigenvalue weighted by Gasteiger charge is 2.12. The maximum absolute atomic E-state index is 11.8. The first kappa shape index (κ1) is 15.1. The third kappa shape index (κ3) is 2.90. The minimum atomic E-state index is -0.419. The van der Waals surface area contributed by atoms with E-state index in [0.717, 1.165) is 40.8 Å². The molecule has 23 heavy (non-hydrogen) atoms. The molecule has 0 saturated heterocycles. The molecule has 0 atom stereocenters. The fourth-order valence-corrected chi connectivity index (χ4v) is 2.66. The van der Waals surface area contributed by atoms with Crippen molar-refractivity contribution in [2.24, 2.45) is 12.8 Å². The number of benzene rings is 1. The van der Waals surface area contributed by atoms with Gasteiger partial charge in [0.15, 0.2) is 0 Å². The Morgan fingerprint density at radius 2 is 2.09 bits per heavy atom. The molecule has 0 unspecified atom stereocenters. The van der Waals surface area contributed by atoms with E-state index in [1.165, 1.54) is 0 Å². The number of anilines is 1. The summed E-state index contributed by atoms with van der Waals surface area (Å²) in [6.45, 7) is 3.01. The van der Waals surface area contributed by atoms with Crippen LogP contribution in [-0.2, 0) is 7.05 Å². The highest BCUT2D eigenvalue weighted by molar-refractivity contribution is 6.07. The van der Waals surface area contributed by atoms with Crippen LogP contribution in [-0.4, -0.2) is 22.0 Å². The van der Waals surface area contributed by atoms with Gasteiger partial charge in [-0.3, -0.25) is 4.79 Å². The number of carbonyl (C=O) groups is 1. The molecule has 0 fully saturated rings. The second-order valence-corrected chi connectivity index (χ2v) is 5.61. The second-order valence-electron chi connectivity index (χ2n) is 5.61. The van der Waals surface area contributed by atoms with Gasteiger partial charge in [-0.1, -0.05) is 6.92 Å². The number of rotatable bonds is 5. The third-order valence-corrected chi connectivity index (χ3v) is 3.92. The molecule has 5 nitrogen and oxygen atoms in total. The molecule has 118 valence electrons. The molecule has 3 aromatic rings. The fourth-order valence-electron chi connectivity index (χ4n) is 2.66. The Balaban J connectivity index is 2.05. The van der Waals surface area contributed by atoms with Crippen molar-refractivity contribution in [1.82, 2.24) is 9.55 Å². The zero-order valence-electron chi connectivity index (χ0n) is 13.3. The lowest BCUT2D eigenvalue weighted by Gasteiger charge is -2.08. The molecule has 0 aliphatic heterocycles. The van der Waals surface area contributed by atoms with Crippen LogP contribution in [0.25, 0.3) is 22.0 Å². The lowest BCUT2D eigenvalue weighted by atomic mass is 10.0. The van der Waals surface area contributed by atoms with E-state index in [4.69, 9.17) is 5.73 Å². The summed E-state index contributed by atoms with van der Waals surface area (Å²) in [7, 11) is 1.95. The van der Waals surface area contributed by atoms with Crippen molar-refractivity contribution in [2.75, 3.05) is 11.9 Å². The number of aryl methyl sites for hydroxylation is 1. The van der Waals surface area contributed by atoms with Gasteiger partial charge in [-0.05, 0) is 42.3 Å². The van der Waals surface area contributed by atoms with Crippen LogP contribution < -0.4 is 11.1 Å². The van der Waals surface area contributed by atoms with Crippen molar-refractivity contribution in [3.05, 3.63) is 48.3 Å². The number of nitrogens with zero attached hydrogens (tertiary/aromatic N) is 2. The van der Waals surface area contributed by atoms with Gasteiger partial charge in [-0.2, -0.15) is 0 Å². The molecule has 0 aliphatic rings. The van der Waals surface area contributed by atoms with E-state index in [0.29, 0.717) is 5.56 Å². The van der Waals surface area contributed by atoms with Gasteiger partial charge in [-0.15, -0.1) is 0 Å². The number of primary amides is 1. The number of nitrogens with two attached hydrogens (primary N) is 1. The first-order chi connectivity index (χ1) is 11.1. The number of amides is 1. The molecule has 2 heterocycles. The van der Waals surface area contributed by atoms with Crippen LogP contribution in [0.4, 0.5) is 5.82 Å². The molecular weight excluding hydrogens is 288 g/mol. The fraction of sp³-hybridized carbons (Fsp3) is 0.222. The summed E-state index contributed by atoms with van der Waals surface area (Å²) in [5.74, 6) is 0.433. The van der Waals surface area contributed by atoms with Crippen LogP contribution in [0.2, 0.25) is 0 Å². The van der Waals surface area contributed by atoms with Crippen LogP contribution in [0.1, 0.15) is 23.7 Å². The van der Waals surface area contributed by atoms with Crippen molar-refractivity contribution in [3.8, 4) is 11.1 Å². The molecule has 0 bridgehead atoms. The van der Waals surface area contributed by atoms with Crippen molar-refractivity contribution >= 4 is 22.6 Å². The Labute approximate surface area is 135 Å². The van der Waals surface area contributed by atoms with Gasteiger partial charge in [0.25, 0.3) is 0 Å². The van der Waals surface area contributed by atoms with E-state index < -0.39 is 5.91 Å². The maximum atomic E-state index is 11.8. The van der Waals surface area contributed by atoms with E-state index in [1.54, 1.807) is 0 Å². The molecule has 0 saturated carbocycles. The molecule has 1 aromatic carbocycles. The third-order valence-electron chi connectivity index (χ3n) is 3.92. The lowest BCUT2D eigenvalue weighted by molar-refractivity contribution is 0.100. The molecular formula is C18H20N4O. The van der Waals surface area contributed by atoms with Gasteiger partial charge < -0.3 is 15.6 Å². The molecule has 3 rings (SSSR count). The monoisotopic (exact) mass is 308 g/mol. The Kier molecular flexibility index (Phi) is 4.02. The van der Waals surface area contributed by atoms with Gasteiger partial charge in [-0.25, -0.2) is 4.98 Å². The largest absolute Gasteiger partial charge is 0.370 e. The van der Waals surface area contributed by atoms with Gasteiger partial charge in [0.1, 0.15) is 5.82 Å². The number of carbonyl (C=O) groups excluding carboxylic acids is 1. The Hall–Kier alpha value is -2.82. The van der Waals surface area contributed by atoms with Gasteiger partial charge >= 0.3 is 0 Å². The van der Waals surface area contributed by atoms with Crippen LogP contribution >= 0.6 is 0 Å².